The number of benzene rings is 2. The maximum atomic E-state index is 13.2. The van der Waals surface area contributed by atoms with Crippen LogP contribution in [0.2, 0.25) is 15.1 Å². The number of aromatic hydroxyl groups is 1. The molecular formula is C25H25Cl3N6O3. The second-order valence-electron chi connectivity index (χ2n) is 9.20. The van der Waals surface area contributed by atoms with Crippen molar-refractivity contribution in [3.05, 3.63) is 72.8 Å². The molecule has 0 saturated heterocycles. The molecule has 37 heavy (non-hydrogen) atoms. The van der Waals surface area contributed by atoms with Crippen LogP contribution in [0.25, 0.3) is 16.7 Å². The highest BCUT2D eigenvalue weighted by molar-refractivity contribution is 6.40. The van der Waals surface area contributed by atoms with Crippen LogP contribution >= 0.6 is 34.8 Å². The minimum atomic E-state index is -0.354. The van der Waals surface area contributed by atoms with E-state index in [1.165, 1.54) is 10.7 Å². The monoisotopic (exact) mass is 562 g/mol. The Hall–Kier alpha value is -3.11. The van der Waals surface area contributed by atoms with E-state index in [0.717, 1.165) is 0 Å². The minimum Gasteiger partial charge on any atom is -0.506 e. The Labute approximate surface area is 228 Å². The van der Waals surface area contributed by atoms with E-state index < -0.39 is 0 Å². The fourth-order valence-corrected chi connectivity index (χ4v) is 4.92. The fourth-order valence-electron chi connectivity index (χ4n) is 3.94. The van der Waals surface area contributed by atoms with Gasteiger partial charge < -0.3 is 20.3 Å². The van der Waals surface area contributed by atoms with Crippen molar-refractivity contribution >= 4 is 57.4 Å². The number of anilines is 1. The van der Waals surface area contributed by atoms with E-state index >= 15 is 0 Å². The van der Waals surface area contributed by atoms with Crippen LogP contribution in [-0.2, 0) is 11.2 Å². The molecule has 3 N–H and O–H groups in total. The summed E-state index contributed by atoms with van der Waals surface area (Å²) in [6, 6.07) is 7.94. The zero-order chi connectivity index (χ0) is 27.0. The summed E-state index contributed by atoms with van der Waals surface area (Å²) in [5, 5.41) is 19.0. The lowest BCUT2D eigenvalue weighted by Gasteiger charge is -2.12. The molecule has 12 heteroatoms. The van der Waals surface area contributed by atoms with Crippen molar-refractivity contribution in [1.29, 1.82) is 0 Å². The Morgan fingerprint density at radius 1 is 1.16 bits per heavy atom. The number of phenols is 1. The maximum absolute atomic E-state index is 13.2. The standard InChI is InChI=1S/C25H25Cl3N6O3/c1-12(2)22-21-24(34(32-22)23-15(27)9-14(26)10-16(23)28)30-19(31-25(21)37)8-13-5-6-17(18(35)7-13)29-20(36)11-33(3)4/h5-7,9-10,12,35H,8,11H2,1-4H3,(H,29,36)(H,30,31,37). The van der Waals surface area contributed by atoms with Gasteiger partial charge in [0.1, 0.15) is 22.6 Å². The Kier molecular flexibility index (Phi) is 7.80. The summed E-state index contributed by atoms with van der Waals surface area (Å²) in [7, 11) is 3.55. The van der Waals surface area contributed by atoms with Crippen LogP contribution in [0.1, 0.15) is 36.8 Å². The highest BCUT2D eigenvalue weighted by atomic mass is 35.5. The molecule has 194 valence electrons. The summed E-state index contributed by atoms with van der Waals surface area (Å²) >= 11 is 19.0. The van der Waals surface area contributed by atoms with Crippen molar-refractivity contribution in [1.82, 2.24) is 24.6 Å². The molecule has 4 aromatic rings. The number of nitrogens with one attached hydrogen (secondary N) is 2. The van der Waals surface area contributed by atoms with Crippen LogP contribution in [0.5, 0.6) is 5.75 Å². The number of fused-ring (bicyclic) bond motifs is 1. The molecule has 0 unspecified atom stereocenters. The molecule has 0 aliphatic rings. The van der Waals surface area contributed by atoms with Crippen molar-refractivity contribution in [3.63, 3.8) is 0 Å². The Balaban J connectivity index is 1.76. The number of amides is 1. The second-order valence-corrected chi connectivity index (χ2v) is 10.4. The molecule has 9 nitrogen and oxygen atoms in total. The average Bonchev–Trinajstić information content (AvgIpc) is 3.14. The predicted octanol–water partition coefficient (Wildman–Crippen LogP) is 4.99. The lowest BCUT2D eigenvalue weighted by Crippen LogP contribution is -2.27. The van der Waals surface area contributed by atoms with Gasteiger partial charge in [-0.25, -0.2) is 9.67 Å². The quantitative estimate of drug-likeness (QED) is 0.273. The van der Waals surface area contributed by atoms with E-state index in [1.54, 1.807) is 43.3 Å². The van der Waals surface area contributed by atoms with Gasteiger partial charge in [0.2, 0.25) is 5.91 Å². The Morgan fingerprint density at radius 2 is 1.84 bits per heavy atom. The lowest BCUT2D eigenvalue weighted by atomic mass is 10.1. The second kappa shape index (κ2) is 10.7. The largest absolute Gasteiger partial charge is 0.506 e. The molecule has 0 aliphatic heterocycles. The van der Waals surface area contributed by atoms with E-state index in [4.69, 9.17) is 34.8 Å². The first kappa shape index (κ1) is 26.9. The van der Waals surface area contributed by atoms with Crippen LogP contribution in [0.3, 0.4) is 0 Å². The number of carbonyl (C=O) groups is 1. The summed E-state index contributed by atoms with van der Waals surface area (Å²) in [5.41, 5.74) is 1.82. The van der Waals surface area contributed by atoms with Crippen LogP contribution in [0.15, 0.2) is 35.1 Å². The molecule has 2 aromatic heterocycles. The number of hydrogen-bond donors (Lipinski definition) is 3. The number of H-pyrrole nitrogens is 1. The predicted molar refractivity (Wildman–Crippen MR) is 147 cm³/mol. The molecule has 0 bridgehead atoms. The fraction of sp³-hybridized carbons (Fsp3) is 0.280. The first-order valence-corrected chi connectivity index (χ1v) is 12.5. The van der Waals surface area contributed by atoms with Crippen LogP contribution in [0.4, 0.5) is 5.69 Å². The number of nitrogens with zero attached hydrogens (tertiary/aromatic N) is 4. The number of carbonyl (C=O) groups excluding carboxylic acids is 1. The van der Waals surface area contributed by atoms with Gasteiger partial charge in [-0.3, -0.25) is 9.59 Å². The van der Waals surface area contributed by atoms with Gasteiger partial charge in [-0.1, -0.05) is 54.7 Å². The van der Waals surface area contributed by atoms with E-state index in [0.29, 0.717) is 44.5 Å². The van der Waals surface area contributed by atoms with E-state index in [1.807, 2.05) is 13.8 Å². The smallest absolute Gasteiger partial charge is 0.262 e. The zero-order valence-electron chi connectivity index (χ0n) is 20.6. The number of phenolic OH excluding ortho intramolecular Hbond substituents is 1. The van der Waals surface area contributed by atoms with E-state index in [2.05, 4.69) is 20.4 Å². The lowest BCUT2D eigenvalue weighted by molar-refractivity contribution is -0.116. The number of aromatic amines is 1. The Morgan fingerprint density at radius 3 is 2.43 bits per heavy atom. The molecule has 0 spiro atoms. The molecular weight excluding hydrogens is 539 g/mol. The maximum Gasteiger partial charge on any atom is 0.262 e. The topological polar surface area (TPSA) is 116 Å². The molecule has 0 aliphatic carbocycles. The normalized spacial score (nSPS) is 11.6. The van der Waals surface area contributed by atoms with Gasteiger partial charge in [-0.05, 0) is 49.8 Å². The third-order valence-electron chi connectivity index (χ3n) is 5.52. The molecule has 0 fully saturated rings. The molecule has 0 saturated carbocycles. The first-order valence-electron chi connectivity index (χ1n) is 11.4. The van der Waals surface area contributed by atoms with Crippen molar-refractivity contribution in [2.75, 3.05) is 26.0 Å². The van der Waals surface area contributed by atoms with Crippen molar-refractivity contribution in [2.45, 2.75) is 26.2 Å². The molecule has 4 rings (SSSR count). The van der Waals surface area contributed by atoms with Crippen LogP contribution in [0, 0.1) is 0 Å². The third-order valence-corrected chi connectivity index (χ3v) is 6.32. The first-order chi connectivity index (χ1) is 17.4. The summed E-state index contributed by atoms with van der Waals surface area (Å²) in [5.74, 6) is -0.0772. The van der Waals surface area contributed by atoms with Gasteiger partial charge in [0.05, 0.1) is 28.0 Å². The number of aromatic nitrogens is 4. The van der Waals surface area contributed by atoms with Crippen LogP contribution in [-0.4, -0.2) is 56.3 Å². The summed E-state index contributed by atoms with van der Waals surface area (Å²) in [6.45, 7) is 4.03. The molecule has 0 radical (unpaired) electrons. The van der Waals surface area contributed by atoms with E-state index in [9.17, 15) is 14.7 Å². The molecule has 2 aromatic carbocycles. The van der Waals surface area contributed by atoms with Gasteiger partial charge in [0.25, 0.3) is 5.56 Å². The average molecular weight is 564 g/mol. The highest BCUT2D eigenvalue weighted by Gasteiger charge is 2.23. The summed E-state index contributed by atoms with van der Waals surface area (Å²) in [4.78, 5) is 34.4. The van der Waals surface area contributed by atoms with Gasteiger partial charge in [-0.15, -0.1) is 0 Å². The van der Waals surface area contributed by atoms with Gasteiger partial charge in [0.15, 0.2) is 5.65 Å². The molecule has 2 heterocycles. The zero-order valence-corrected chi connectivity index (χ0v) is 22.8. The highest BCUT2D eigenvalue weighted by Crippen LogP contribution is 2.35. The van der Waals surface area contributed by atoms with Crippen molar-refractivity contribution in [3.8, 4) is 11.4 Å². The number of halogens is 3. The van der Waals surface area contributed by atoms with Crippen molar-refractivity contribution in [2.24, 2.45) is 0 Å². The van der Waals surface area contributed by atoms with E-state index in [-0.39, 0.29) is 46.1 Å². The van der Waals surface area contributed by atoms with Crippen LogP contribution < -0.4 is 10.9 Å². The number of likely N-dealkylation sites (N-methyl/N-ethyl adjacent to an activating group) is 1. The third kappa shape index (κ3) is 5.75. The number of rotatable bonds is 7. The molecule has 0 atom stereocenters. The summed E-state index contributed by atoms with van der Waals surface area (Å²) < 4.78 is 1.46. The SMILES string of the molecule is CC(C)c1nn(-c2c(Cl)cc(Cl)cc2Cl)c2nc(Cc3ccc(NC(=O)CN(C)C)c(O)c3)[nH]c(=O)c12. The van der Waals surface area contributed by atoms with Crippen molar-refractivity contribution < 1.29 is 9.90 Å². The Bertz CT molecular complexity index is 1540. The number of hydrogen-bond acceptors (Lipinski definition) is 6. The molecule has 1 amide bonds. The van der Waals surface area contributed by atoms with Gasteiger partial charge >= 0.3 is 0 Å². The summed E-state index contributed by atoms with van der Waals surface area (Å²) in [6.07, 6.45) is 0.203. The van der Waals surface area contributed by atoms with Gasteiger partial charge in [-0.2, -0.15) is 5.10 Å². The minimum absolute atomic E-state index is 0.0745. The van der Waals surface area contributed by atoms with Gasteiger partial charge in [0, 0.05) is 11.4 Å².